The number of rotatable bonds is 11. The fourth-order valence-electron chi connectivity index (χ4n) is 4.45. The van der Waals surface area contributed by atoms with E-state index in [9.17, 15) is 19.5 Å². The maximum absolute atomic E-state index is 13.5. The number of nitrogens with zero attached hydrogens (tertiary/aromatic N) is 1. The van der Waals surface area contributed by atoms with Crippen molar-refractivity contribution in [3.8, 4) is 0 Å². The molecule has 0 saturated heterocycles. The molecule has 10 nitrogen and oxygen atoms in total. The molecule has 2 heterocycles. The Hall–Kier alpha value is -4.60. The molecule has 2 aromatic carbocycles. The summed E-state index contributed by atoms with van der Waals surface area (Å²) in [7, 11) is 0. The number of para-hydroxylation sites is 1. The number of amides is 3. The summed E-state index contributed by atoms with van der Waals surface area (Å²) in [5, 5.41) is 19.0. The average molecular weight is 532 g/mol. The van der Waals surface area contributed by atoms with Crippen LogP contribution in [0, 0.1) is 12.8 Å². The molecule has 0 saturated carbocycles. The SMILES string of the molecule is Cc1oc([C@@H](Cc2c[nH]c3ccccc23)NC(=O)[C@H](CC(C)C)NC(=O)NCc2ccccc2)nc1C(=O)O. The van der Waals surface area contributed by atoms with Crippen LogP contribution in [0.4, 0.5) is 4.79 Å². The summed E-state index contributed by atoms with van der Waals surface area (Å²) in [5.41, 5.74) is 2.56. The van der Waals surface area contributed by atoms with Gasteiger partial charge in [0.1, 0.15) is 17.8 Å². The van der Waals surface area contributed by atoms with Crippen molar-refractivity contribution in [1.82, 2.24) is 25.9 Å². The number of carbonyl (C=O) groups excluding carboxylic acids is 2. The zero-order chi connectivity index (χ0) is 27.9. The van der Waals surface area contributed by atoms with Gasteiger partial charge in [-0.1, -0.05) is 62.4 Å². The molecule has 4 rings (SSSR count). The van der Waals surface area contributed by atoms with Crippen LogP contribution in [0.2, 0.25) is 0 Å². The Morgan fingerprint density at radius 1 is 1.03 bits per heavy atom. The van der Waals surface area contributed by atoms with Crippen LogP contribution in [0.3, 0.4) is 0 Å². The molecule has 0 spiro atoms. The Bertz CT molecular complexity index is 1440. The van der Waals surface area contributed by atoms with Gasteiger partial charge in [0.15, 0.2) is 5.69 Å². The lowest BCUT2D eigenvalue weighted by atomic mass is 10.0. The van der Waals surface area contributed by atoms with Crippen molar-refractivity contribution in [2.45, 2.75) is 52.2 Å². The summed E-state index contributed by atoms with van der Waals surface area (Å²) in [4.78, 5) is 45.2. The molecule has 2 aromatic heterocycles. The predicted molar refractivity (Wildman–Crippen MR) is 146 cm³/mol. The third-order valence-electron chi connectivity index (χ3n) is 6.35. The molecule has 0 aliphatic carbocycles. The van der Waals surface area contributed by atoms with Crippen molar-refractivity contribution in [3.63, 3.8) is 0 Å². The first-order chi connectivity index (χ1) is 18.7. The van der Waals surface area contributed by atoms with Crippen LogP contribution in [0.25, 0.3) is 10.9 Å². The first-order valence-electron chi connectivity index (χ1n) is 12.9. The van der Waals surface area contributed by atoms with Crippen molar-refractivity contribution in [2.75, 3.05) is 0 Å². The molecule has 5 N–H and O–H groups in total. The smallest absolute Gasteiger partial charge is 0.358 e. The maximum atomic E-state index is 13.5. The highest BCUT2D eigenvalue weighted by Crippen LogP contribution is 2.26. The zero-order valence-corrected chi connectivity index (χ0v) is 22.2. The number of carboxylic acids is 1. The largest absolute Gasteiger partial charge is 0.476 e. The second-order valence-electron chi connectivity index (χ2n) is 9.88. The summed E-state index contributed by atoms with van der Waals surface area (Å²) in [6, 6.07) is 15.1. The Labute approximate surface area is 226 Å². The van der Waals surface area contributed by atoms with E-state index in [1.165, 1.54) is 6.92 Å². The second-order valence-corrected chi connectivity index (χ2v) is 9.88. The van der Waals surface area contributed by atoms with Gasteiger partial charge in [-0.2, -0.15) is 0 Å². The summed E-state index contributed by atoms with van der Waals surface area (Å²) in [5.74, 6) is -1.29. The number of nitrogens with one attached hydrogen (secondary N) is 4. The van der Waals surface area contributed by atoms with Gasteiger partial charge in [0.05, 0.1) is 0 Å². The van der Waals surface area contributed by atoms with E-state index in [4.69, 9.17) is 4.42 Å². The highest BCUT2D eigenvalue weighted by molar-refractivity contribution is 5.88. The van der Waals surface area contributed by atoms with Crippen LogP contribution in [0.15, 0.2) is 65.2 Å². The van der Waals surface area contributed by atoms with E-state index in [1.807, 2.05) is 74.6 Å². The van der Waals surface area contributed by atoms with Crippen LogP contribution in [0.5, 0.6) is 0 Å². The minimum atomic E-state index is -1.21. The highest BCUT2D eigenvalue weighted by atomic mass is 16.4. The van der Waals surface area contributed by atoms with Crippen LogP contribution in [-0.2, 0) is 17.8 Å². The fourth-order valence-corrected chi connectivity index (χ4v) is 4.45. The van der Waals surface area contributed by atoms with E-state index in [0.717, 1.165) is 22.0 Å². The van der Waals surface area contributed by atoms with Crippen molar-refractivity contribution in [1.29, 1.82) is 0 Å². The molecular weight excluding hydrogens is 498 g/mol. The molecule has 3 amide bonds. The van der Waals surface area contributed by atoms with Crippen LogP contribution < -0.4 is 16.0 Å². The highest BCUT2D eigenvalue weighted by Gasteiger charge is 2.29. The Kier molecular flexibility index (Phi) is 8.65. The molecule has 4 aromatic rings. The van der Waals surface area contributed by atoms with Gasteiger partial charge in [0, 0.05) is 30.1 Å². The van der Waals surface area contributed by atoms with E-state index in [0.29, 0.717) is 19.4 Å². The number of H-pyrrole nitrogens is 1. The number of hydrogen-bond acceptors (Lipinski definition) is 5. The maximum Gasteiger partial charge on any atom is 0.358 e. The number of aryl methyl sites for hydroxylation is 1. The quantitative estimate of drug-likeness (QED) is 0.193. The molecule has 0 bridgehead atoms. The number of fused-ring (bicyclic) bond motifs is 1. The molecule has 39 heavy (non-hydrogen) atoms. The molecule has 0 aliphatic heterocycles. The zero-order valence-electron chi connectivity index (χ0n) is 22.2. The van der Waals surface area contributed by atoms with Crippen molar-refractivity contribution >= 4 is 28.8 Å². The number of aromatic carboxylic acids is 1. The minimum absolute atomic E-state index is 0.0837. The molecule has 0 fully saturated rings. The lowest BCUT2D eigenvalue weighted by molar-refractivity contribution is -0.124. The summed E-state index contributed by atoms with van der Waals surface area (Å²) < 4.78 is 5.71. The molecule has 0 unspecified atom stereocenters. The van der Waals surface area contributed by atoms with E-state index in [1.54, 1.807) is 0 Å². The van der Waals surface area contributed by atoms with Crippen molar-refractivity contribution < 1.29 is 23.9 Å². The van der Waals surface area contributed by atoms with Crippen LogP contribution in [-0.4, -0.2) is 39.0 Å². The van der Waals surface area contributed by atoms with E-state index in [-0.39, 0.29) is 23.3 Å². The number of aromatic amines is 1. The number of urea groups is 1. The second kappa shape index (κ2) is 12.3. The normalized spacial score (nSPS) is 12.7. The van der Waals surface area contributed by atoms with Gasteiger partial charge < -0.3 is 30.5 Å². The van der Waals surface area contributed by atoms with E-state index < -0.39 is 30.0 Å². The Balaban J connectivity index is 1.55. The van der Waals surface area contributed by atoms with Gasteiger partial charge in [-0.3, -0.25) is 4.79 Å². The van der Waals surface area contributed by atoms with Gasteiger partial charge in [-0.15, -0.1) is 0 Å². The summed E-state index contributed by atoms with van der Waals surface area (Å²) in [6.45, 7) is 5.76. The van der Waals surface area contributed by atoms with Gasteiger partial charge >= 0.3 is 12.0 Å². The number of hydrogen-bond donors (Lipinski definition) is 5. The third kappa shape index (κ3) is 7.04. The van der Waals surface area contributed by atoms with E-state index in [2.05, 4.69) is 25.9 Å². The average Bonchev–Trinajstić information content (AvgIpc) is 3.50. The molecule has 0 radical (unpaired) electrons. The van der Waals surface area contributed by atoms with Gasteiger partial charge in [-0.25, -0.2) is 14.6 Å². The molecular formula is C29H33N5O5. The predicted octanol–water partition coefficient (Wildman–Crippen LogP) is 4.48. The standard InChI is InChI=1S/C29H33N5O5/c1-17(2)13-23(33-29(38)31-15-19-9-5-4-6-10-19)26(35)32-24(27-34-25(28(36)37)18(3)39-27)14-20-16-30-22-12-8-7-11-21(20)22/h4-12,16-17,23-24,30H,13-15H2,1-3H3,(H,32,35)(H,36,37)(H2,31,33,38)/t23-,24+/m0/s1. The van der Waals surface area contributed by atoms with Gasteiger partial charge in [0.2, 0.25) is 11.8 Å². The van der Waals surface area contributed by atoms with Crippen molar-refractivity contribution in [3.05, 3.63) is 89.3 Å². The van der Waals surface area contributed by atoms with Gasteiger partial charge in [0.25, 0.3) is 0 Å². The Morgan fingerprint density at radius 3 is 2.44 bits per heavy atom. The van der Waals surface area contributed by atoms with Crippen molar-refractivity contribution in [2.24, 2.45) is 5.92 Å². The summed E-state index contributed by atoms with van der Waals surface area (Å²) >= 11 is 0. The Morgan fingerprint density at radius 2 is 1.74 bits per heavy atom. The van der Waals surface area contributed by atoms with E-state index >= 15 is 0 Å². The number of carbonyl (C=O) groups is 3. The monoisotopic (exact) mass is 531 g/mol. The number of oxazole rings is 1. The molecule has 204 valence electrons. The lowest BCUT2D eigenvalue weighted by Crippen LogP contribution is -2.51. The summed E-state index contributed by atoms with van der Waals surface area (Å²) in [6.07, 6.45) is 2.54. The minimum Gasteiger partial charge on any atom is -0.476 e. The number of benzene rings is 2. The molecule has 0 aliphatic rings. The third-order valence-corrected chi connectivity index (χ3v) is 6.35. The van der Waals surface area contributed by atoms with Crippen LogP contribution in [0.1, 0.15) is 59.6 Å². The topological polar surface area (TPSA) is 149 Å². The van der Waals surface area contributed by atoms with Gasteiger partial charge in [-0.05, 0) is 36.5 Å². The molecule has 10 heteroatoms. The first-order valence-corrected chi connectivity index (χ1v) is 12.9. The molecule has 2 atom stereocenters. The van der Waals surface area contributed by atoms with Crippen LogP contribution >= 0.6 is 0 Å². The lowest BCUT2D eigenvalue weighted by Gasteiger charge is -2.23. The number of carboxylic acid groups (broad SMARTS) is 1. The fraction of sp³-hybridized carbons (Fsp3) is 0.310. The number of aromatic nitrogens is 2. The first kappa shape index (κ1) is 27.4.